The Morgan fingerprint density at radius 3 is 1.48 bits per heavy atom. The third-order valence-corrected chi connectivity index (χ3v) is 13.2. The lowest BCUT2D eigenvalue weighted by molar-refractivity contribution is -0.138. The Kier molecular flexibility index (Phi) is 22.9. The number of carbonyl (C=O) groups is 3. The van der Waals surface area contributed by atoms with Gasteiger partial charge in [0, 0.05) is 65.3 Å². The first kappa shape index (κ1) is 68.5. The molecule has 0 unspecified atom stereocenters. The van der Waals surface area contributed by atoms with E-state index < -0.39 is 70.1 Å². The summed E-state index contributed by atoms with van der Waals surface area (Å²) in [5, 5.41) is 19.4. The molecule has 0 spiro atoms. The fraction of sp³-hybridized carbons (Fsp3) is 0.241. The third kappa shape index (κ3) is 18.0. The zero-order valence-electron chi connectivity index (χ0n) is 45.8. The van der Waals surface area contributed by atoms with Gasteiger partial charge in [0.2, 0.25) is 0 Å². The molecule has 7 aromatic heterocycles. The molecule has 17 nitrogen and oxygen atoms in total. The van der Waals surface area contributed by atoms with Crippen LogP contribution in [-0.2, 0) is 53.5 Å². The largest absolute Gasteiger partial charge is 0.461 e. The summed E-state index contributed by atoms with van der Waals surface area (Å²) in [4.78, 5) is 52.1. The van der Waals surface area contributed by atoms with E-state index in [4.69, 9.17) is 52.1 Å². The predicted octanol–water partition coefficient (Wildman–Crippen LogP) is 14.9. The molecule has 0 aliphatic carbocycles. The maximum atomic E-state index is 13.7. The van der Waals surface area contributed by atoms with Gasteiger partial charge < -0.3 is 20.5 Å². The van der Waals surface area contributed by atoms with Gasteiger partial charge in [0.15, 0.2) is 17.1 Å². The minimum Gasteiger partial charge on any atom is -0.461 e. The molecule has 3 aromatic carbocycles. The summed E-state index contributed by atoms with van der Waals surface area (Å²) in [7, 11) is 0. The smallest absolute Gasteiger partial charge is 0.420 e. The Bertz CT molecular complexity index is 4100. The van der Waals surface area contributed by atoms with Gasteiger partial charge in [0.05, 0.1) is 64.1 Å². The summed E-state index contributed by atoms with van der Waals surface area (Å²) in [5.74, 6) is -2.25. The standard InChI is InChI=1S/C23H20ClF3N6O.C17H13ClF3N3O2.C10H7Cl2N.C7H7F3N2O2.CH4/c1-12-5-20(28)31-13(2)17(12)9-30-22(34)21-18(23(25,26)27)11-33(32-21)10-14-3-4-19-15(6-14)7-16(24)8-29-19;1-2-26-16(25)15-13(17(19,20)21)9-24(23-15)8-10-3-4-14-11(5-10)6-12(18)7-22-14;11-5-7-1-2-10-8(3-7)4-9(12)6-13-10;1-2-14-6(13)5-4(3-11-12-5)7(8,9)10;/h3-8,11H,9-10H2,1-2H3,(H2,28,31)(H,30,34);3-7,9H,2,8H2,1H3;1-4,6H,5H2;3H,2H2,1H3,(H,11,12);1H4. The number of H-pyrrole nitrogens is 1. The third-order valence-electron chi connectivity index (χ3n) is 12.2. The minimum absolute atomic E-state index is 0. The molecular formula is C58H51Cl4F9N12O5. The van der Waals surface area contributed by atoms with Crippen LogP contribution in [0.5, 0.6) is 0 Å². The van der Waals surface area contributed by atoms with E-state index in [1.807, 2.05) is 29.4 Å². The van der Waals surface area contributed by atoms with Crippen molar-refractivity contribution in [3.8, 4) is 0 Å². The number of nitrogens with zero attached hydrogens (tertiary/aromatic N) is 9. The van der Waals surface area contributed by atoms with E-state index in [1.54, 1.807) is 74.6 Å². The number of aryl methyl sites for hydroxylation is 2. The second-order valence-electron chi connectivity index (χ2n) is 18.6. The average molecular weight is 1310 g/mol. The number of aromatic nitrogens is 10. The van der Waals surface area contributed by atoms with Gasteiger partial charge in [-0.2, -0.15) is 54.8 Å². The normalized spacial score (nSPS) is 11.4. The summed E-state index contributed by atoms with van der Waals surface area (Å²) >= 11 is 23.4. The first-order valence-corrected chi connectivity index (χ1v) is 27.1. The molecule has 0 radical (unpaired) electrons. The molecule has 0 atom stereocenters. The van der Waals surface area contributed by atoms with Crippen molar-refractivity contribution >= 4 is 103 Å². The molecular weight excluding hydrogens is 1260 g/mol. The van der Waals surface area contributed by atoms with Gasteiger partial charge in [-0.1, -0.05) is 60.4 Å². The van der Waals surface area contributed by atoms with Gasteiger partial charge in [0.1, 0.15) is 22.5 Å². The van der Waals surface area contributed by atoms with Gasteiger partial charge >= 0.3 is 30.5 Å². The number of rotatable bonds is 12. The number of halogens is 13. The van der Waals surface area contributed by atoms with Crippen LogP contribution < -0.4 is 11.1 Å². The first-order chi connectivity index (χ1) is 41.0. The quantitative estimate of drug-likeness (QED) is 0.0589. The van der Waals surface area contributed by atoms with Gasteiger partial charge in [-0.3, -0.25) is 34.2 Å². The molecule has 88 heavy (non-hydrogen) atoms. The number of pyridine rings is 4. The Morgan fingerprint density at radius 1 is 0.602 bits per heavy atom. The number of alkyl halides is 10. The number of benzene rings is 3. The summed E-state index contributed by atoms with van der Waals surface area (Å²) in [6, 6.07) is 23.3. The van der Waals surface area contributed by atoms with Crippen molar-refractivity contribution in [2.75, 3.05) is 18.9 Å². The highest BCUT2D eigenvalue weighted by Gasteiger charge is 2.40. The van der Waals surface area contributed by atoms with Crippen LogP contribution in [0.2, 0.25) is 15.1 Å². The molecule has 30 heteroatoms. The zero-order valence-corrected chi connectivity index (χ0v) is 48.8. The molecule has 7 heterocycles. The number of ether oxygens (including phenoxy) is 2. The maximum absolute atomic E-state index is 13.7. The number of esters is 2. The van der Waals surface area contributed by atoms with E-state index in [-0.39, 0.29) is 40.3 Å². The lowest BCUT2D eigenvalue weighted by Crippen LogP contribution is -2.27. The number of nitrogen functional groups attached to an aromatic ring is 1. The molecule has 0 bridgehead atoms. The lowest BCUT2D eigenvalue weighted by atomic mass is 10.1. The van der Waals surface area contributed by atoms with Crippen molar-refractivity contribution in [1.82, 2.24) is 55.0 Å². The van der Waals surface area contributed by atoms with Gasteiger partial charge in [-0.05, 0) is 116 Å². The molecule has 10 rings (SSSR count). The second kappa shape index (κ2) is 29.4. The fourth-order valence-corrected chi connectivity index (χ4v) is 8.99. The van der Waals surface area contributed by atoms with E-state index in [1.165, 1.54) is 26.2 Å². The molecule has 0 aliphatic heterocycles. The van der Waals surface area contributed by atoms with Crippen LogP contribution in [0.1, 0.15) is 103 Å². The highest BCUT2D eigenvalue weighted by molar-refractivity contribution is 6.31. The monoisotopic (exact) mass is 1310 g/mol. The van der Waals surface area contributed by atoms with E-state index >= 15 is 0 Å². The molecule has 0 saturated heterocycles. The molecule has 0 fully saturated rings. The Labute approximate surface area is 515 Å². The van der Waals surface area contributed by atoms with Crippen LogP contribution in [0, 0.1) is 13.8 Å². The summed E-state index contributed by atoms with van der Waals surface area (Å²) < 4.78 is 128. The van der Waals surface area contributed by atoms with Crippen LogP contribution in [0.25, 0.3) is 32.7 Å². The summed E-state index contributed by atoms with van der Waals surface area (Å²) in [5.41, 5.74) is 7.09. The molecule has 464 valence electrons. The molecule has 10 aromatic rings. The number of nitrogens with two attached hydrogens (primary N) is 1. The molecule has 1 amide bonds. The van der Waals surface area contributed by atoms with Gasteiger partial charge in [-0.15, -0.1) is 11.6 Å². The molecule has 0 saturated carbocycles. The zero-order chi connectivity index (χ0) is 63.5. The summed E-state index contributed by atoms with van der Waals surface area (Å²) in [6.07, 6.45) is -7.21. The van der Waals surface area contributed by atoms with Crippen LogP contribution in [-0.4, -0.2) is 80.8 Å². The van der Waals surface area contributed by atoms with Crippen molar-refractivity contribution in [3.05, 3.63) is 198 Å². The van der Waals surface area contributed by atoms with Gasteiger partial charge in [0.25, 0.3) is 5.91 Å². The number of amides is 1. The Morgan fingerprint density at radius 2 is 1.03 bits per heavy atom. The topological polar surface area (TPSA) is 224 Å². The number of carbonyl (C=O) groups excluding carboxylic acids is 3. The highest BCUT2D eigenvalue weighted by Crippen LogP contribution is 2.35. The van der Waals surface area contributed by atoms with E-state index in [2.05, 4.69) is 50.0 Å². The van der Waals surface area contributed by atoms with Crippen LogP contribution in [0.3, 0.4) is 0 Å². The number of fused-ring (bicyclic) bond motifs is 3. The highest BCUT2D eigenvalue weighted by atomic mass is 35.5. The SMILES string of the molecule is C.CCOC(=O)c1[nH]ncc1C(F)(F)F.CCOC(=O)c1nn(Cc2ccc3ncc(Cl)cc3c2)cc1C(F)(F)F.Cc1cc(N)nc(C)c1CNC(=O)c1nn(Cc2ccc3ncc(Cl)cc3c2)cc1C(F)(F)F.ClCc1ccc2ncc(Cl)cc2c1. The predicted molar refractivity (Wildman–Crippen MR) is 314 cm³/mol. The fourth-order valence-electron chi connectivity index (χ4n) is 8.32. The maximum Gasteiger partial charge on any atom is 0.420 e. The Hall–Kier alpha value is -8.59. The van der Waals surface area contributed by atoms with E-state index in [0.717, 1.165) is 54.6 Å². The number of hydrogen-bond acceptors (Lipinski definition) is 13. The minimum atomic E-state index is -4.75. The van der Waals surface area contributed by atoms with E-state index in [0.29, 0.717) is 66.4 Å². The van der Waals surface area contributed by atoms with Gasteiger partial charge in [-0.25, -0.2) is 14.6 Å². The van der Waals surface area contributed by atoms with Crippen molar-refractivity contribution < 1.29 is 63.4 Å². The number of hydrogen-bond donors (Lipinski definition) is 3. The van der Waals surface area contributed by atoms with Crippen LogP contribution >= 0.6 is 46.4 Å². The van der Waals surface area contributed by atoms with Crippen molar-refractivity contribution in [2.24, 2.45) is 0 Å². The van der Waals surface area contributed by atoms with Crippen LogP contribution in [0.15, 0.2) is 116 Å². The van der Waals surface area contributed by atoms with Crippen molar-refractivity contribution in [2.45, 2.75) is 79.2 Å². The van der Waals surface area contributed by atoms with Crippen LogP contribution in [0.4, 0.5) is 45.3 Å². The number of nitrogens with one attached hydrogen (secondary N) is 2. The average Bonchev–Trinajstić information content (AvgIpc) is 3.16. The second-order valence-corrected chi connectivity index (χ2v) is 20.1. The van der Waals surface area contributed by atoms with E-state index in [9.17, 15) is 53.9 Å². The Balaban J connectivity index is 0.000000201. The van der Waals surface area contributed by atoms with Crippen molar-refractivity contribution in [3.63, 3.8) is 0 Å². The number of anilines is 1. The lowest BCUT2D eigenvalue weighted by Gasteiger charge is -2.11. The molecule has 0 aliphatic rings. The first-order valence-electron chi connectivity index (χ1n) is 25.5. The number of aromatic amines is 1. The van der Waals surface area contributed by atoms with Crippen molar-refractivity contribution in [1.29, 1.82) is 0 Å². The molecule has 4 N–H and O–H groups in total. The summed E-state index contributed by atoms with van der Waals surface area (Å²) in [6.45, 7) is 6.55.